The first-order valence-electron chi connectivity index (χ1n) is 6.37. The molecule has 8 heteroatoms. The normalized spacial score (nSPS) is 10.9. The molecule has 0 aliphatic carbocycles. The van der Waals surface area contributed by atoms with Crippen LogP contribution in [0.25, 0.3) is 17.1 Å². The van der Waals surface area contributed by atoms with Crippen molar-refractivity contribution in [1.29, 1.82) is 0 Å². The molecule has 0 N–H and O–H groups in total. The number of nitrogens with zero attached hydrogens (tertiary/aromatic N) is 3. The molecule has 0 aliphatic rings. The third-order valence-electron chi connectivity index (χ3n) is 3.36. The van der Waals surface area contributed by atoms with Gasteiger partial charge in [-0.1, -0.05) is 5.16 Å². The van der Waals surface area contributed by atoms with Gasteiger partial charge in [-0.05, 0) is 18.2 Å². The fourth-order valence-corrected chi connectivity index (χ4v) is 2.16. The molecular formula is C14H13N3O5. The summed E-state index contributed by atoms with van der Waals surface area (Å²) < 4.78 is 17.7. The highest BCUT2D eigenvalue weighted by Gasteiger charge is 2.16. The molecule has 0 atom stereocenters. The second-order valence-electron chi connectivity index (χ2n) is 4.57. The van der Waals surface area contributed by atoms with Crippen LogP contribution in [0.1, 0.15) is 0 Å². The predicted molar refractivity (Wildman–Crippen MR) is 77.5 cm³/mol. The standard InChI is InChI=1S/C14H13N3O5/c1-16-11(18)7-12-17(14(16)19)13(15-22-12)8-4-5-9(20-2)10(6-8)21-3/h4-7H,1-3H3. The summed E-state index contributed by atoms with van der Waals surface area (Å²) in [7, 11) is 4.43. The molecule has 0 bridgehead atoms. The number of ether oxygens (including phenoxy) is 2. The van der Waals surface area contributed by atoms with E-state index in [9.17, 15) is 9.59 Å². The van der Waals surface area contributed by atoms with Crippen molar-refractivity contribution < 1.29 is 14.0 Å². The lowest BCUT2D eigenvalue weighted by atomic mass is 10.2. The van der Waals surface area contributed by atoms with E-state index in [1.54, 1.807) is 18.2 Å². The van der Waals surface area contributed by atoms with Crippen molar-refractivity contribution in [3.63, 3.8) is 0 Å². The molecule has 1 aromatic carbocycles. The van der Waals surface area contributed by atoms with Gasteiger partial charge in [0, 0.05) is 12.6 Å². The predicted octanol–water partition coefficient (Wildman–Crippen LogP) is 0.670. The Labute approximate surface area is 124 Å². The van der Waals surface area contributed by atoms with Gasteiger partial charge in [-0.3, -0.25) is 9.36 Å². The van der Waals surface area contributed by atoms with Crippen LogP contribution in [0.3, 0.4) is 0 Å². The summed E-state index contributed by atoms with van der Waals surface area (Å²) in [4.78, 5) is 23.9. The third kappa shape index (κ3) is 1.96. The maximum Gasteiger partial charge on any atom is 0.339 e. The summed E-state index contributed by atoms with van der Waals surface area (Å²) >= 11 is 0. The molecule has 2 aromatic heterocycles. The van der Waals surface area contributed by atoms with E-state index in [-0.39, 0.29) is 11.5 Å². The quantitative estimate of drug-likeness (QED) is 0.706. The van der Waals surface area contributed by atoms with Crippen LogP contribution in [-0.4, -0.2) is 28.3 Å². The average molecular weight is 303 g/mol. The molecule has 0 aliphatic heterocycles. The molecule has 0 amide bonds. The molecule has 3 aromatic rings. The van der Waals surface area contributed by atoms with E-state index in [2.05, 4.69) is 5.16 Å². The number of benzene rings is 1. The number of fused-ring (bicyclic) bond motifs is 1. The monoisotopic (exact) mass is 303 g/mol. The second-order valence-corrected chi connectivity index (χ2v) is 4.57. The van der Waals surface area contributed by atoms with Crippen LogP contribution < -0.4 is 20.7 Å². The average Bonchev–Trinajstić information content (AvgIpc) is 2.95. The molecule has 114 valence electrons. The topological polar surface area (TPSA) is 88.0 Å². The lowest BCUT2D eigenvalue weighted by molar-refractivity contribution is 0.355. The Morgan fingerprint density at radius 2 is 1.82 bits per heavy atom. The Hall–Kier alpha value is -3.03. The first kappa shape index (κ1) is 13.9. The molecule has 0 spiro atoms. The van der Waals surface area contributed by atoms with Crippen molar-refractivity contribution in [2.45, 2.75) is 0 Å². The molecule has 0 unspecified atom stereocenters. The fourth-order valence-electron chi connectivity index (χ4n) is 2.16. The van der Waals surface area contributed by atoms with E-state index in [0.717, 1.165) is 4.57 Å². The van der Waals surface area contributed by atoms with Crippen molar-refractivity contribution in [2.75, 3.05) is 14.2 Å². The number of aromatic nitrogens is 3. The lowest BCUT2D eigenvalue weighted by Crippen LogP contribution is -2.34. The van der Waals surface area contributed by atoms with Crippen LogP contribution in [-0.2, 0) is 7.05 Å². The van der Waals surface area contributed by atoms with Gasteiger partial charge in [0.25, 0.3) is 5.56 Å². The maximum atomic E-state index is 12.3. The minimum atomic E-state index is -0.534. The van der Waals surface area contributed by atoms with Gasteiger partial charge in [0.15, 0.2) is 17.3 Å². The smallest absolute Gasteiger partial charge is 0.339 e. The molecular weight excluding hydrogens is 290 g/mol. The Balaban J connectivity index is 2.30. The first-order valence-corrected chi connectivity index (χ1v) is 6.37. The van der Waals surface area contributed by atoms with Crippen LogP contribution in [0.15, 0.2) is 38.4 Å². The summed E-state index contributed by atoms with van der Waals surface area (Å²) in [6, 6.07) is 6.30. The Morgan fingerprint density at radius 1 is 1.09 bits per heavy atom. The Bertz CT molecular complexity index is 967. The summed E-state index contributed by atoms with van der Waals surface area (Å²) in [6.07, 6.45) is 0. The van der Waals surface area contributed by atoms with Gasteiger partial charge in [-0.15, -0.1) is 0 Å². The number of hydrogen-bond acceptors (Lipinski definition) is 6. The van der Waals surface area contributed by atoms with Crippen LogP contribution in [0.5, 0.6) is 11.5 Å². The highest BCUT2D eigenvalue weighted by atomic mass is 16.5. The van der Waals surface area contributed by atoms with Crippen molar-refractivity contribution in [3.8, 4) is 22.9 Å². The second kappa shape index (κ2) is 5.06. The zero-order chi connectivity index (χ0) is 15.9. The van der Waals surface area contributed by atoms with Crippen molar-refractivity contribution in [2.24, 2.45) is 7.05 Å². The molecule has 3 rings (SSSR count). The zero-order valence-corrected chi connectivity index (χ0v) is 12.2. The van der Waals surface area contributed by atoms with Gasteiger partial charge >= 0.3 is 5.69 Å². The Morgan fingerprint density at radius 3 is 2.50 bits per heavy atom. The van der Waals surface area contributed by atoms with Gasteiger partial charge in [0.05, 0.1) is 20.3 Å². The van der Waals surface area contributed by atoms with Gasteiger partial charge < -0.3 is 14.0 Å². The fraction of sp³-hybridized carbons (Fsp3) is 0.214. The number of methoxy groups -OCH3 is 2. The van der Waals surface area contributed by atoms with Gasteiger partial charge in [0.1, 0.15) is 0 Å². The van der Waals surface area contributed by atoms with Gasteiger partial charge in [0.2, 0.25) is 5.71 Å². The van der Waals surface area contributed by atoms with Crippen molar-refractivity contribution >= 4 is 5.71 Å². The van der Waals surface area contributed by atoms with Crippen LogP contribution >= 0.6 is 0 Å². The van der Waals surface area contributed by atoms with Gasteiger partial charge in [-0.25, -0.2) is 9.20 Å². The van der Waals surface area contributed by atoms with Gasteiger partial charge in [-0.2, -0.15) is 0 Å². The summed E-state index contributed by atoms with van der Waals surface area (Å²) in [5, 5.41) is 3.88. The van der Waals surface area contributed by atoms with E-state index < -0.39 is 11.2 Å². The molecule has 0 saturated heterocycles. The maximum absolute atomic E-state index is 12.3. The minimum absolute atomic E-state index is 0.0814. The summed E-state index contributed by atoms with van der Waals surface area (Å²) in [5.74, 6) is 1.32. The minimum Gasteiger partial charge on any atom is -0.493 e. The summed E-state index contributed by atoms with van der Waals surface area (Å²) in [6.45, 7) is 0. The molecule has 0 fully saturated rings. The van der Waals surface area contributed by atoms with Crippen LogP contribution in [0.4, 0.5) is 0 Å². The van der Waals surface area contributed by atoms with E-state index in [1.165, 1.54) is 31.7 Å². The van der Waals surface area contributed by atoms with Crippen molar-refractivity contribution in [1.82, 2.24) is 14.1 Å². The molecule has 2 heterocycles. The molecule has 0 saturated carbocycles. The van der Waals surface area contributed by atoms with Crippen LogP contribution in [0.2, 0.25) is 0 Å². The largest absolute Gasteiger partial charge is 0.493 e. The van der Waals surface area contributed by atoms with E-state index in [0.29, 0.717) is 17.1 Å². The SMILES string of the molecule is COc1ccc(-c2noc3cc(=O)n(C)c(=O)n23)cc1OC. The highest BCUT2D eigenvalue weighted by Crippen LogP contribution is 2.31. The van der Waals surface area contributed by atoms with Crippen LogP contribution in [0, 0.1) is 0 Å². The van der Waals surface area contributed by atoms with E-state index in [1.807, 2.05) is 0 Å². The van der Waals surface area contributed by atoms with E-state index >= 15 is 0 Å². The number of hydrogen-bond donors (Lipinski definition) is 0. The molecule has 8 nitrogen and oxygen atoms in total. The molecule has 0 radical (unpaired) electrons. The third-order valence-corrected chi connectivity index (χ3v) is 3.36. The highest BCUT2D eigenvalue weighted by molar-refractivity contribution is 5.63. The zero-order valence-electron chi connectivity index (χ0n) is 12.2. The first-order chi connectivity index (χ1) is 10.6. The molecule has 22 heavy (non-hydrogen) atoms. The number of rotatable bonds is 3. The van der Waals surface area contributed by atoms with E-state index in [4.69, 9.17) is 14.0 Å². The lowest BCUT2D eigenvalue weighted by Gasteiger charge is -2.08. The van der Waals surface area contributed by atoms with Crippen molar-refractivity contribution in [3.05, 3.63) is 45.1 Å². The Kier molecular flexibility index (Phi) is 3.21. The summed E-state index contributed by atoms with van der Waals surface area (Å²) in [5.41, 5.74) is -0.316.